The van der Waals surface area contributed by atoms with Crippen molar-refractivity contribution in [1.29, 1.82) is 0 Å². The minimum Gasteiger partial charge on any atom is -0.396 e. The highest BCUT2D eigenvalue weighted by Gasteiger charge is 2.32. The van der Waals surface area contributed by atoms with Crippen molar-refractivity contribution in [2.45, 2.75) is 20.4 Å². The van der Waals surface area contributed by atoms with Gasteiger partial charge in [0.1, 0.15) is 0 Å². The average Bonchev–Trinajstić information content (AvgIpc) is 2.23. The zero-order valence-electron chi connectivity index (χ0n) is 9.07. The topological polar surface area (TPSA) is 20.2 Å². The van der Waals surface area contributed by atoms with E-state index in [-0.39, 0.29) is 6.61 Å². The van der Waals surface area contributed by atoms with Gasteiger partial charge in [-0.3, -0.25) is 0 Å². The Morgan fingerprint density at radius 3 is 1.67 bits per heavy atom. The highest BCUT2D eigenvalue weighted by Crippen LogP contribution is 2.46. The summed E-state index contributed by atoms with van der Waals surface area (Å²) in [6.45, 7) is 0.00743. The third-order valence-corrected chi connectivity index (χ3v) is 3.59. The first-order valence-electron chi connectivity index (χ1n) is 5.05. The predicted octanol–water partition coefficient (Wildman–Crippen LogP) is 5.26. The summed E-state index contributed by atoms with van der Waals surface area (Å²) < 4.78 is -3.20. The smallest absolute Gasteiger partial charge is 0.216 e. The second-order valence-corrected chi connectivity index (χ2v) is 8.22. The fraction of sp³-hybridized carbons (Fsp3) is 0.455. The van der Waals surface area contributed by atoms with Gasteiger partial charge in [0.2, 0.25) is 7.59 Å². The number of rotatable bonds is 3. The summed E-state index contributed by atoms with van der Waals surface area (Å²) in [5, 5.41) is 8.92. The van der Waals surface area contributed by atoms with Crippen molar-refractivity contribution in [2.75, 3.05) is 6.61 Å². The molecule has 0 aromatic heterocycles. The van der Waals surface area contributed by atoms with Gasteiger partial charge in [-0.25, -0.2) is 0 Å². The molecule has 18 heavy (non-hydrogen) atoms. The van der Waals surface area contributed by atoms with Gasteiger partial charge in [0.05, 0.1) is 0 Å². The van der Waals surface area contributed by atoms with Crippen molar-refractivity contribution in [1.82, 2.24) is 0 Å². The van der Waals surface area contributed by atoms with E-state index >= 15 is 0 Å². The molecule has 1 N–H and O–H groups in total. The lowest BCUT2D eigenvalue weighted by atomic mass is 9.98. The van der Waals surface area contributed by atoms with E-state index in [0.717, 1.165) is 0 Å². The number of hydrogen-bond acceptors (Lipinski definition) is 1. The van der Waals surface area contributed by atoms with E-state index in [1.807, 2.05) is 0 Å². The Balaban J connectivity index is 3.35. The molecule has 0 atom stereocenters. The number of benzene rings is 1. The molecule has 0 saturated carbocycles. The number of alkyl halides is 6. The lowest BCUT2D eigenvalue weighted by molar-refractivity contribution is 0.288. The molecule has 0 aliphatic heterocycles. The van der Waals surface area contributed by atoms with E-state index in [4.69, 9.17) is 74.7 Å². The first-order valence-corrected chi connectivity index (χ1v) is 7.32. The maximum Gasteiger partial charge on any atom is 0.216 e. The summed E-state index contributed by atoms with van der Waals surface area (Å²) >= 11 is 35.4. The third kappa shape index (κ3) is 4.49. The second kappa shape index (κ2) is 6.58. The number of aliphatic hydroxyl groups is 1. The van der Waals surface area contributed by atoms with Crippen molar-refractivity contribution in [3.05, 3.63) is 34.9 Å². The van der Waals surface area contributed by atoms with Crippen LogP contribution < -0.4 is 0 Å². The van der Waals surface area contributed by atoms with E-state index in [1.54, 1.807) is 18.2 Å². The molecule has 7 heteroatoms. The Hall–Kier alpha value is 0.920. The van der Waals surface area contributed by atoms with Gasteiger partial charge in [-0.15, -0.1) is 0 Å². The van der Waals surface area contributed by atoms with Crippen LogP contribution in [0, 0.1) is 0 Å². The molecule has 0 heterocycles. The lowest BCUT2D eigenvalue weighted by Crippen LogP contribution is -2.13. The maximum absolute atomic E-state index is 8.92. The minimum atomic E-state index is -1.60. The van der Waals surface area contributed by atoms with Crippen molar-refractivity contribution in [3.63, 3.8) is 0 Å². The van der Waals surface area contributed by atoms with Crippen LogP contribution in [0.3, 0.4) is 0 Å². The molecule has 0 fully saturated rings. The van der Waals surface area contributed by atoms with Crippen LogP contribution >= 0.6 is 69.6 Å². The quantitative estimate of drug-likeness (QED) is 0.719. The highest BCUT2D eigenvalue weighted by atomic mass is 35.6. The number of halogens is 6. The summed E-state index contributed by atoms with van der Waals surface area (Å²) in [7, 11) is 0. The van der Waals surface area contributed by atoms with Crippen molar-refractivity contribution in [3.8, 4) is 0 Å². The van der Waals surface area contributed by atoms with E-state index in [2.05, 4.69) is 0 Å². The third-order valence-electron chi connectivity index (χ3n) is 2.37. The molecule has 1 aromatic carbocycles. The molecule has 0 radical (unpaired) electrons. The van der Waals surface area contributed by atoms with Crippen LogP contribution in [-0.4, -0.2) is 11.7 Å². The zero-order valence-corrected chi connectivity index (χ0v) is 13.6. The normalized spacial score (nSPS) is 12.8. The summed E-state index contributed by atoms with van der Waals surface area (Å²) in [6.07, 6.45) is 0.954. The van der Waals surface area contributed by atoms with Gasteiger partial charge in [0.25, 0.3) is 0 Å². The Bertz CT molecular complexity index is 375. The van der Waals surface area contributed by atoms with Gasteiger partial charge in [-0.2, -0.15) is 0 Å². The monoisotopic (exact) mass is 368 g/mol. The molecule has 0 bridgehead atoms. The number of hydrogen-bond donors (Lipinski definition) is 1. The molecule has 0 aliphatic carbocycles. The van der Waals surface area contributed by atoms with Crippen LogP contribution in [0.4, 0.5) is 0 Å². The van der Waals surface area contributed by atoms with Crippen LogP contribution in [0.25, 0.3) is 0 Å². The van der Waals surface area contributed by atoms with Crippen molar-refractivity contribution < 1.29 is 5.11 Å². The largest absolute Gasteiger partial charge is 0.396 e. The van der Waals surface area contributed by atoms with Gasteiger partial charge in [-0.1, -0.05) is 87.8 Å². The van der Waals surface area contributed by atoms with E-state index in [0.29, 0.717) is 29.5 Å². The number of aliphatic hydroxyl groups excluding tert-OH is 1. The first-order chi connectivity index (χ1) is 8.18. The Labute approximate surface area is 136 Å². The summed E-state index contributed by atoms with van der Waals surface area (Å²) in [4.78, 5) is 0. The molecule has 0 amide bonds. The molecule has 0 spiro atoms. The summed E-state index contributed by atoms with van der Waals surface area (Å²) in [5.41, 5.74) is 1.57. The van der Waals surface area contributed by atoms with Crippen LogP contribution in [0.2, 0.25) is 0 Å². The predicted molar refractivity (Wildman–Crippen MR) is 80.3 cm³/mol. The fourth-order valence-corrected chi connectivity index (χ4v) is 2.71. The molecule has 0 unspecified atom stereocenters. The van der Waals surface area contributed by atoms with Gasteiger partial charge in [-0.05, 0) is 18.4 Å². The molecular weight excluding hydrogens is 361 g/mol. The Morgan fingerprint density at radius 1 is 0.889 bits per heavy atom. The van der Waals surface area contributed by atoms with Crippen LogP contribution in [0.5, 0.6) is 0 Å². The molecule has 1 rings (SSSR count). The van der Waals surface area contributed by atoms with Gasteiger partial charge < -0.3 is 5.11 Å². The van der Waals surface area contributed by atoms with Gasteiger partial charge >= 0.3 is 0 Å². The minimum absolute atomic E-state index is 0.00743. The molecule has 0 saturated heterocycles. The van der Waals surface area contributed by atoms with Crippen molar-refractivity contribution >= 4 is 69.6 Å². The second-order valence-electron chi connectivity index (χ2n) is 3.65. The molecule has 102 valence electrons. The zero-order chi connectivity index (χ0) is 14.0. The van der Waals surface area contributed by atoms with E-state index in [1.165, 1.54) is 0 Å². The first kappa shape index (κ1) is 17.0. The summed E-state index contributed by atoms with van der Waals surface area (Å²) in [6, 6.07) is 5.00. The highest BCUT2D eigenvalue weighted by molar-refractivity contribution is 6.67. The maximum atomic E-state index is 8.92. The SMILES string of the molecule is OCCCc1c(C(Cl)(Cl)Cl)cccc1C(Cl)(Cl)Cl. The van der Waals surface area contributed by atoms with Crippen LogP contribution in [0.15, 0.2) is 18.2 Å². The van der Waals surface area contributed by atoms with Crippen LogP contribution in [-0.2, 0) is 14.0 Å². The standard InChI is InChI=1S/C11H10Cl6O/c12-10(13,14)8-4-1-5-9(11(15,16)17)7(8)3-2-6-18/h1,4-5,18H,2-3,6H2. The van der Waals surface area contributed by atoms with Crippen molar-refractivity contribution in [2.24, 2.45) is 0 Å². The average molecular weight is 371 g/mol. The van der Waals surface area contributed by atoms with E-state index in [9.17, 15) is 0 Å². The Kier molecular flexibility index (Phi) is 6.21. The molecular formula is C11H10Cl6O. The summed E-state index contributed by atoms with van der Waals surface area (Å²) in [5.74, 6) is 0. The van der Waals surface area contributed by atoms with Gasteiger partial charge in [0, 0.05) is 17.7 Å². The molecule has 0 aliphatic rings. The van der Waals surface area contributed by atoms with Crippen LogP contribution in [0.1, 0.15) is 23.1 Å². The molecule has 1 aromatic rings. The lowest BCUT2D eigenvalue weighted by Gasteiger charge is -2.23. The van der Waals surface area contributed by atoms with Gasteiger partial charge in [0.15, 0.2) is 0 Å². The molecule has 1 nitrogen and oxygen atoms in total. The fourth-order valence-electron chi connectivity index (χ4n) is 1.64. The van der Waals surface area contributed by atoms with E-state index < -0.39 is 7.59 Å². The Morgan fingerprint density at radius 2 is 1.33 bits per heavy atom.